The van der Waals surface area contributed by atoms with Crippen molar-refractivity contribution in [1.29, 1.82) is 0 Å². The van der Waals surface area contributed by atoms with Gasteiger partial charge in [0.2, 0.25) is 5.91 Å². The van der Waals surface area contributed by atoms with E-state index in [1.54, 1.807) is 0 Å². The predicted molar refractivity (Wildman–Crippen MR) is 94.9 cm³/mol. The van der Waals surface area contributed by atoms with Crippen molar-refractivity contribution in [2.45, 2.75) is 26.4 Å². The van der Waals surface area contributed by atoms with Crippen molar-refractivity contribution in [1.82, 2.24) is 0 Å². The zero-order valence-electron chi connectivity index (χ0n) is 14.1. The molecule has 2 N–H and O–H groups in total. The highest BCUT2D eigenvalue weighted by Crippen LogP contribution is 2.27. The Bertz CT molecular complexity index is 658. The zero-order valence-corrected chi connectivity index (χ0v) is 14.1. The molecule has 0 saturated heterocycles. The van der Waals surface area contributed by atoms with Crippen molar-refractivity contribution in [3.8, 4) is 0 Å². The summed E-state index contributed by atoms with van der Waals surface area (Å²) in [6, 6.07) is 13.3. The molecule has 1 atom stereocenters. The highest BCUT2D eigenvalue weighted by atomic mass is 16.3. The lowest BCUT2D eigenvalue weighted by Crippen LogP contribution is -2.17. The summed E-state index contributed by atoms with van der Waals surface area (Å²) in [5, 5.41) is 13.1. The molecule has 0 saturated carbocycles. The molecule has 0 aliphatic heterocycles. The van der Waals surface area contributed by atoms with Gasteiger partial charge in [0.25, 0.3) is 0 Å². The average molecular weight is 312 g/mol. The Labute approximate surface area is 137 Å². The second-order valence-electron chi connectivity index (χ2n) is 6.03. The molecular formula is C19H24N2O2. The maximum absolute atomic E-state index is 12.2. The molecule has 0 radical (unpaired) electrons. The molecule has 0 bridgehead atoms. The van der Waals surface area contributed by atoms with Crippen molar-refractivity contribution in [2.24, 2.45) is 0 Å². The molecule has 1 amide bonds. The monoisotopic (exact) mass is 312 g/mol. The van der Waals surface area contributed by atoms with E-state index in [0.717, 1.165) is 28.1 Å². The van der Waals surface area contributed by atoms with Gasteiger partial charge in [-0.3, -0.25) is 4.79 Å². The zero-order chi connectivity index (χ0) is 17.0. The molecule has 0 fully saturated rings. The summed E-state index contributed by atoms with van der Waals surface area (Å²) in [6.07, 6.45) is -0.754. The topological polar surface area (TPSA) is 52.6 Å². The first-order chi connectivity index (χ1) is 10.9. The Morgan fingerprint density at radius 1 is 1.13 bits per heavy atom. The number of nitrogens with zero attached hydrogens (tertiary/aromatic N) is 1. The van der Waals surface area contributed by atoms with Crippen LogP contribution >= 0.6 is 0 Å². The molecular weight excluding hydrogens is 288 g/mol. The van der Waals surface area contributed by atoms with E-state index >= 15 is 0 Å². The number of amides is 1. The normalized spacial score (nSPS) is 11.9. The van der Waals surface area contributed by atoms with Crippen LogP contribution in [0.4, 0.5) is 11.4 Å². The molecule has 1 unspecified atom stereocenters. The fraction of sp³-hybridized carbons (Fsp3) is 0.316. The van der Waals surface area contributed by atoms with Crippen LogP contribution in [0.2, 0.25) is 0 Å². The molecule has 122 valence electrons. The fourth-order valence-electron chi connectivity index (χ4n) is 2.56. The van der Waals surface area contributed by atoms with E-state index in [1.807, 2.05) is 75.3 Å². The summed E-state index contributed by atoms with van der Waals surface area (Å²) in [5.41, 5.74) is 4.69. The summed E-state index contributed by atoms with van der Waals surface area (Å²) >= 11 is 0. The Hall–Kier alpha value is -2.33. The summed E-state index contributed by atoms with van der Waals surface area (Å²) < 4.78 is 0. The van der Waals surface area contributed by atoms with Gasteiger partial charge < -0.3 is 15.3 Å². The number of anilines is 2. The van der Waals surface area contributed by atoms with Gasteiger partial charge in [0.15, 0.2) is 0 Å². The quantitative estimate of drug-likeness (QED) is 0.889. The highest BCUT2D eigenvalue weighted by Gasteiger charge is 2.15. The second-order valence-corrected chi connectivity index (χ2v) is 6.03. The Morgan fingerprint density at radius 3 is 2.22 bits per heavy atom. The van der Waals surface area contributed by atoms with Gasteiger partial charge in [-0.25, -0.2) is 0 Å². The minimum atomic E-state index is -0.794. The highest BCUT2D eigenvalue weighted by molar-refractivity contribution is 5.93. The van der Waals surface area contributed by atoms with E-state index in [-0.39, 0.29) is 12.3 Å². The van der Waals surface area contributed by atoms with Crippen LogP contribution in [0.25, 0.3) is 0 Å². The Balaban J connectivity index is 2.09. The number of carbonyl (C=O) groups is 1. The van der Waals surface area contributed by atoms with Gasteiger partial charge in [0.1, 0.15) is 0 Å². The van der Waals surface area contributed by atoms with E-state index in [0.29, 0.717) is 0 Å². The molecule has 0 spiro atoms. The molecule has 4 nitrogen and oxygen atoms in total. The summed E-state index contributed by atoms with van der Waals surface area (Å²) in [6.45, 7) is 3.95. The van der Waals surface area contributed by atoms with Crippen molar-refractivity contribution < 1.29 is 9.90 Å². The number of carbonyl (C=O) groups excluding carboxylic acids is 1. The Morgan fingerprint density at radius 2 is 1.70 bits per heavy atom. The van der Waals surface area contributed by atoms with E-state index in [4.69, 9.17) is 0 Å². The third kappa shape index (κ3) is 4.33. The van der Waals surface area contributed by atoms with Gasteiger partial charge in [-0.1, -0.05) is 30.3 Å². The molecule has 0 heterocycles. The number of hydrogen-bond donors (Lipinski definition) is 2. The van der Waals surface area contributed by atoms with Crippen LogP contribution in [-0.4, -0.2) is 25.1 Å². The van der Waals surface area contributed by atoms with Crippen molar-refractivity contribution in [3.63, 3.8) is 0 Å². The summed E-state index contributed by atoms with van der Waals surface area (Å²) in [7, 11) is 3.98. The van der Waals surface area contributed by atoms with Gasteiger partial charge in [-0.15, -0.1) is 0 Å². The van der Waals surface area contributed by atoms with Crippen molar-refractivity contribution in [3.05, 3.63) is 59.2 Å². The van der Waals surface area contributed by atoms with Crippen LogP contribution in [0, 0.1) is 13.8 Å². The number of aryl methyl sites for hydroxylation is 2. The number of aliphatic hydroxyl groups is 1. The Kier molecular flexibility index (Phi) is 5.40. The number of hydrogen-bond acceptors (Lipinski definition) is 3. The van der Waals surface area contributed by atoms with Crippen LogP contribution < -0.4 is 10.2 Å². The number of rotatable bonds is 5. The maximum atomic E-state index is 12.2. The molecule has 4 heteroatoms. The molecule has 2 aromatic rings. The van der Waals surface area contributed by atoms with Crippen molar-refractivity contribution in [2.75, 3.05) is 24.3 Å². The van der Waals surface area contributed by atoms with Gasteiger partial charge in [0, 0.05) is 25.5 Å². The maximum Gasteiger partial charge on any atom is 0.227 e. The largest absolute Gasteiger partial charge is 0.388 e. The number of aliphatic hydroxyl groups excluding tert-OH is 1. The van der Waals surface area contributed by atoms with E-state index in [9.17, 15) is 9.90 Å². The molecule has 2 rings (SSSR count). The summed E-state index contributed by atoms with van der Waals surface area (Å²) in [4.78, 5) is 14.3. The standard InChI is InChI=1S/C19H24N2O2/c1-13-10-16(21(3)4)11-14(2)19(13)20-18(23)12-17(22)15-8-6-5-7-9-15/h5-11,17,22H,12H2,1-4H3,(H,20,23). The predicted octanol–water partition coefficient (Wildman–Crippen LogP) is 3.43. The number of nitrogens with one attached hydrogen (secondary N) is 1. The third-order valence-electron chi connectivity index (χ3n) is 3.86. The molecule has 0 aromatic heterocycles. The first-order valence-corrected chi connectivity index (χ1v) is 7.70. The van der Waals surface area contributed by atoms with E-state index < -0.39 is 6.10 Å². The van der Waals surface area contributed by atoms with Gasteiger partial charge >= 0.3 is 0 Å². The van der Waals surface area contributed by atoms with Crippen LogP contribution in [0.15, 0.2) is 42.5 Å². The van der Waals surface area contributed by atoms with Crippen molar-refractivity contribution >= 4 is 17.3 Å². The SMILES string of the molecule is Cc1cc(N(C)C)cc(C)c1NC(=O)CC(O)c1ccccc1. The van der Waals surface area contributed by atoms with Gasteiger partial charge in [-0.2, -0.15) is 0 Å². The molecule has 2 aromatic carbocycles. The fourth-order valence-corrected chi connectivity index (χ4v) is 2.56. The minimum Gasteiger partial charge on any atom is -0.388 e. The molecule has 0 aliphatic rings. The smallest absolute Gasteiger partial charge is 0.227 e. The first kappa shape index (κ1) is 17.0. The van der Waals surface area contributed by atoms with Crippen LogP contribution in [0.1, 0.15) is 29.2 Å². The van der Waals surface area contributed by atoms with Gasteiger partial charge in [-0.05, 0) is 42.7 Å². The van der Waals surface area contributed by atoms with Crippen LogP contribution in [0.5, 0.6) is 0 Å². The lowest BCUT2D eigenvalue weighted by atomic mass is 10.0. The van der Waals surface area contributed by atoms with Crippen LogP contribution in [0.3, 0.4) is 0 Å². The number of benzene rings is 2. The minimum absolute atomic E-state index is 0.0400. The van der Waals surface area contributed by atoms with Crippen LogP contribution in [-0.2, 0) is 4.79 Å². The molecule has 23 heavy (non-hydrogen) atoms. The third-order valence-corrected chi connectivity index (χ3v) is 3.86. The first-order valence-electron chi connectivity index (χ1n) is 7.70. The van der Waals surface area contributed by atoms with Gasteiger partial charge in [0.05, 0.1) is 12.5 Å². The average Bonchev–Trinajstić information content (AvgIpc) is 2.51. The van der Waals surface area contributed by atoms with E-state index in [1.165, 1.54) is 0 Å². The summed E-state index contributed by atoms with van der Waals surface area (Å²) in [5.74, 6) is -0.190. The second kappa shape index (κ2) is 7.29. The van der Waals surface area contributed by atoms with E-state index in [2.05, 4.69) is 5.32 Å². The lowest BCUT2D eigenvalue weighted by molar-refractivity contribution is -0.118. The molecule has 0 aliphatic carbocycles. The lowest BCUT2D eigenvalue weighted by Gasteiger charge is -2.19.